The Labute approximate surface area is 155 Å². The Balaban J connectivity index is 1.83. The number of rotatable bonds is 3. The van der Waals surface area contributed by atoms with Crippen LogP contribution < -0.4 is 4.74 Å². The number of aromatic amines is 1. The van der Waals surface area contributed by atoms with Crippen LogP contribution in [0, 0.1) is 0 Å². The largest absolute Gasteiger partial charge is 0.497 e. The Kier molecular flexibility index (Phi) is 3.40. The molecule has 0 fully saturated rings. The number of nitrogens with one attached hydrogen (secondary N) is 1. The van der Waals surface area contributed by atoms with Gasteiger partial charge in [0.15, 0.2) is 0 Å². The molecule has 27 heavy (non-hydrogen) atoms. The number of hydrogen-bond donors (Lipinski definition) is 2. The summed E-state index contributed by atoms with van der Waals surface area (Å²) >= 11 is 0. The monoisotopic (exact) mass is 355 g/mol. The van der Waals surface area contributed by atoms with E-state index in [2.05, 4.69) is 9.97 Å². The summed E-state index contributed by atoms with van der Waals surface area (Å²) in [5.74, 6) is 1.01. The van der Waals surface area contributed by atoms with Gasteiger partial charge in [0.05, 0.1) is 35.9 Å². The molecule has 5 nitrogen and oxygen atoms in total. The van der Waals surface area contributed by atoms with E-state index < -0.39 is 0 Å². The summed E-state index contributed by atoms with van der Waals surface area (Å²) in [5, 5.41) is 12.8. The van der Waals surface area contributed by atoms with Gasteiger partial charge in [-0.05, 0) is 54.1 Å². The molecule has 0 saturated heterocycles. The molecule has 0 amide bonds. The Morgan fingerprint density at radius 2 is 1.74 bits per heavy atom. The molecule has 0 aliphatic heterocycles. The molecule has 5 aromatic rings. The van der Waals surface area contributed by atoms with Crippen LogP contribution >= 0.6 is 0 Å². The van der Waals surface area contributed by atoms with Gasteiger partial charge in [0, 0.05) is 10.8 Å². The first-order valence-electron chi connectivity index (χ1n) is 8.66. The van der Waals surface area contributed by atoms with Crippen molar-refractivity contribution in [2.24, 2.45) is 0 Å². The minimum absolute atomic E-state index is 0.218. The molecule has 0 atom stereocenters. The molecule has 0 spiro atoms. The maximum Gasteiger partial charge on any atom is 0.204 e. The molecule has 0 saturated carbocycles. The van der Waals surface area contributed by atoms with Crippen molar-refractivity contribution in [3.05, 3.63) is 73.1 Å². The van der Waals surface area contributed by atoms with Crippen LogP contribution in [0.4, 0.5) is 0 Å². The zero-order valence-electron chi connectivity index (χ0n) is 14.7. The molecule has 0 aliphatic carbocycles. The third-order valence-corrected chi connectivity index (χ3v) is 4.88. The number of aromatic nitrogens is 3. The number of nitrogens with zero attached hydrogens (tertiary/aromatic N) is 2. The molecule has 5 rings (SSSR count). The van der Waals surface area contributed by atoms with Crippen molar-refractivity contribution in [3.63, 3.8) is 0 Å². The van der Waals surface area contributed by atoms with Crippen molar-refractivity contribution in [2.45, 2.75) is 0 Å². The van der Waals surface area contributed by atoms with Crippen molar-refractivity contribution in [2.75, 3.05) is 7.11 Å². The zero-order valence-corrected chi connectivity index (χ0v) is 14.7. The van der Waals surface area contributed by atoms with Gasteiger partial charge in [0.2, 0.25) is 5.88 Å². The quantitative estimate of drug-likeness (QED) is 0.484. The van der Waals surface area contributed by atoms with E-state index in [1.54, 1.807) is 13.4 Å². The standard InChI is InChI=1S/C22H17N3O2/c1-27-16-9-6-14(7-10-16)21-17-4-2-3-5-18(17)22(26)25(21)15-8-11-19-20(12-15)24-13-23-19/h2-13,26H,1H3,(H,23,24). The predicted molar refractivity (Wildman–Crippen MR) is 107 cm³/mol. The lowest BCUT2D eigenvalue weighted by Gasteiger charge is -2.12. The summed E-state index contributed by atoms with van der Waals surface area (Å²) in [6, 6.07) is 21.7. The molecule has 3 aromatic carbocycles. The van der Waals surface area contributed by atoms with Crippen molar-refractivity contribution < 1.29 is 9.84 Å². The highest BCUT2D eigenvalue weighted by atomic mass is 16.5. The van der Waals surface area contributed by atoms with E-state index in [1.807, 2.05) is 71.3 Å². The van der Waals surface area contributed by atoms with E-state index in [1.165, 1.54) is 0 Å². The summed E-state index contributed by atoms with van der Waals surface area (Å²) in [4.78, 5) is 7.41. The third-order valence-electron chi connectivity index (χ3n) is 4.88. The second-order valence-corrected chi connectivity index (χ2v) is 6.39. The highest BCUT2D eigenvalue weighted by Gasteiger charge is 2.19. The number of benzene rings is 3. The second-order valence-electron chi connectivity index (χ2n) is 6.39. The minimum Gasteiger partial charge on any atom is -0.497 e. The van der Waals surface area contributed by atoms with Gasteiger partial charge >= 0.3 is 0 Å². The van der Waals surface area contributed by atoms with Gasteiger partial charge in [-0.2, -0.15) is 0 Å². The predicted octanol–water partition coefficient (Wildman–Crippen LogP) is 4.89. The molecule has 0 bridgehead atoms. The van der Waals surface area contributed by atoms with Crippen LogP contribution in [-0.2, 0) is 0 Å². The van der Waals surface area contributed by atoms with E-state index in [-0.39, 0.29) is 5.88 Å². The number of imidazole rings is 1. The first-order chi connectivity index (χ1) is 13.3. The van der Waals surface area contributed by atoms with Gasteiger partial charge in [0.25, 0.3) is 0 Å². The molecule has 0 aliphatic rings. The maximum absolute atomic E-state index is 11.0. The van der Waals surface area contributed by atoms with Crippen molar-refractivity contribution in [1.29, 1.82) is 0 Å². The lowest BCUT2D eigenvalue weighted by Crippen LogP contribution is -1.96. The fourth-order valence-corrected chi connectivity index (χ4v) is 3.58. The maximum atomic E-state index is 11.0. The lowest BCUT2D eigenvalue weighted by molar-refractivity contribution is 0.415. The molecule has 2 heterocycles. The number of ether oxygens (including phenoxy) is 1. The first kappa shape index (κ1) is 15.5. The first-order valence-corrected chi connectivity index (χ1v) is 8.66. The van der Waals surface area contributed by atoms with E-state index in [0.29, 0.717) is 0 Å². The number of H-pyrrole nitrogens is 1. The van der Waals surface area contributed by atoms with Crippen molar-refractivity contribution in [1.82, 2.24) is 14.5 Å². The smallest absolute Gasteiger partial charge is 0.204 e. The zero-order chi connectivity index (χ0) is 18.4. The van der Waals surface area contributed by atoms with Gasteiger partial charge < -0.3 is 14.8 Å². The van der Waals surface area contributed by atoms with Gasteiger partial charge in [-0.25, -0.2) is 4.98 Å². The Hall–Kier alpha value is -3.73. The van der Waals surface area contributed by atoms with Gasteiger partial charge in [0.1, 0.15) is 5.75 Å². The third kappa shape index (κ3) is 2.36. The number of fused-ring (bicyclic) bond motifs is 2. The minimum atomic E-state index is 0.218. The molecule has 2 N–H and O–H groups in total. The van der Waals surface area contributed by atoms with Crippen LogP contribution in [0.5, 0.6) is 11.6 Å². The van der Waals surface area contributed by atoms with Gasteiger partial charge in [-0.3, -0.25) is 4.57 Å². The van der Waals surface area contributed by atoms with Gasteiger partial charge in [-0.15, -0.1) is 0 Å². The van der Waals surface area contributed by atoms with Crippen LogP contribution in [0.3, 0.4) is 0 Å². The summed E-state index contributed by atoms with van der Waals surface area (Å²) in [6.45, 7) is 0. The van der Waals surface area contributed by atoms with Crippen molar-refractivity contribution >= 4 is 21.8 Å². The molecule has 2 aromatic heterocycles. The summed E-state index contributed by atoms with van der Waals surface area (Å²) in [5.41, 5.74) is 4.61. The SMILES string of the molecule is COc1ccc(-c2c3ccccc3c(O)n2-c2ccc3nc[nH]c3c2)cc1. The fourth-order valence-electron chi connectivity index (χ4n) is 3.58. The van der Waals surface area contributed by atoms with Crippen LogP contribution in [0.15, 0.2) is 73.1 Å². The van der Waals surface area contributed by atoms with Crippen LogP contribution in [0.2, 0.25) is 0 Å². The Morgan fingerprint density at radius 1 is 0.963 bits per heavy atom. The number of methoxy groups -OCH3 is 1. The molecular weight excluding hydrogens is 338 g/mol. The Morgan fingerprint density at radius 3 is 2.52 bits per heavy atom. The average molecular weight is 355 g/mol. The molecule has 132 valence electrons. The van der Waals surface area contributed by atoms with Crippen molar-refractivity contribution in [3.8, 4) is 28.6 Å². The highest BCUT2D eigenvalue weighted by molar-refractivity contribution is 6.01. The second kappa shape index (κ2) is 5.92. The van der Waals surface area contributed by atoms with E-state index in [9.17, 15) is 5.11 Å². The lowest BCUT2D eigenvalue weighted by atomic mass is 10.1. The topological polar surface area (TPSA) is 63.1 Å². The summed E-state index contributed by atoms with van der Waals surface area (Å²) in [7, 11) is 1.65. The fraction of sp³-hybridized carbons (Fsp3) is 0.0455. The van der Waals surface area contributed by atoms with E-state index in [4.69, 9.17) is 4.74 Å². The van der Waals surface area contributed by atoms with Gasteiger partial charge in [-0.1, -0.05) is 18.2 Å². The average Bonchev–Trinajstić information content (AvgIpc) is 3.30. The molecular formula is C22H17N3O2. The Bertz CT molecular complexity index is 1270. The van der Waals surface area contributed by atoms with E-state index >= 15 is 0 Å². The molecule has 5 heteroatoms. The number of aromatic hydroxyl groups is 1. The summed E-state index contributed by atoms with van der Waals surface area (Å²) < 4.78 is 7.17. The van der Waals surface area contributed by atoms with Crippen LogP contribution in [-0.4, -0.2) is 26.8 Å². The number of hydrogen-bond acceptors (Lipinski definition) is 3. The van der Waals surface area contributed by atoms with Crippen LogP contribution in [0.25, 0.3) is 38.8 Å². The normalized spacial score (nSPS) is 11.3. The highest BCUT2D eigenvalue weighted by Crippen LogP contribution is 2.40. The van der Waals surface area contributed by atoms with Crippen LogP contribution in [0.1, 0.15) is 0 Å². The molecule has 0 radical (unpaired) electrons. The summed E-state index contributed by atoms with van der Waals surface area (Å²) in [6.07, 6.45) is 1.67. The molecule has 0 unspecified atom stereocenters. The van der Waals surface area contributed by atoms with E-state index in [0.717, 1.165) is 44.5 Å².